The highest BCUT2D eigenvalue weighted by molar-refractivity contribution is 5.25. The van der Waals surface area contributed by atoms with Crippen LogP contribution in [0, 0.1) is 17.5 Å². The fourth-order valence-corrected chi connectivity index (χ4v) is 1.85. The van der Waals surface area contributed by atoms with Gasteiger partial charge in [-0.05, 0) is 18.2 Å². The third-order valence-electron chi connectivity index (χ3n) is 3.01. The molecule has 0 aliphatic carbocycles. The molecule has 1 N–H and O–H groups in total. The van der Waals surface area contributed by atoms with Crippen molar-refractivity contribution in [3.8, 4) is 0 Å². The number of aliphatic hydroxyl groups is 1. The van der Waals surface area contributed by atoms with E-state index in [0.29, 0.717) is 5.69 Å². The number of hydrogen-bond donors (Lipinski definition) is 1. The second-order valence-electron chi connectivity index (χ2n) is 4.25. The molecule has 2 aromatic rings. The number of benzene rings is 1. The normalized spacial score (nSPS) is 14.2. The lowest BCUT2D eigenvalue weighted by Crippen LogP contribution is -2.12. The van der Waals surface area contributed by atoms with Gasteiger partial charge in [0.15, 0.2) is 17.5 Å². The molecular formula is C14H12F3NO. The van der Waals surface area contributed by atoms with E-state index in [9.17, 15) is 18.3 Å². The maximum Gasteiger partial charge on any atom is 0.194 e. The van der Waals surface area contributed by atoms with Gasteiger partial charge in [0.1, 0.15) is 0 Å². The van der Waals surface area contributed by atoms with E-state index in [0.717, 1.165) is 12.1 Å². The van der Waals surface area contributed by atoms with Gasteiger partial charge >= 0.3 is 0 Å². The van der Waals surface area contributed by atoms with Crippen LogP contribution < -0.4 is 0 Å². The van der Waals surface area contributed by atoms with E-state index in [4.69, 9.17) is 0 Å². The first kappa shape index (κ1) is 13.5. The lowest BCUT2D eigenvalue weighted by atomic mass is 9.93. The Balaban J connectivity index is 2.35. The van der Waals surface area contributed by atoms with Gasteiger partial charge in [-0.3, -0.25) is 4.98 Å². The van der Waals surface area contributed by atoms with Gasteiger partial charge < -0.3 is 5.11 Å². The number of hydrogen-bond acceptors (Lipinski definition) is 2. The molecule has 1 heterocycles. The molecule has 0 amide bonds. The summed E-state index contributed by atoms with van der Waals surface area (Å²) >= 11 is 0. The molecule has 0 bridgehead atoms. The lowest BCUT2D eigenvalue weighted by molar-refractivity contribution is 0.144. The van der Waals surface area contributed by atoms with Crippen LogP contribution in [0.25, 0.3) is 0 Å². The minimum absolute atomic E-state index is 0.281. The minimum atomic E-state index is -1.58. The molecule has 100 valence electrons. The summed E-state index contributed by atoms with van der Waals surface area (Å²) in [5.74, 6) is -4.76. The molecule has 2 unspecified atom stereocenters. The maximum atomic E-state index is 13.6. The Kier molecular flexibility index (Phi) is 3.85. The Labute approximate surface area is 108 Å². The Morgan fingerprint density at radius 3 is 2.42 bits per heavy atom. The molecule has 0 saturated heterocycles. The Hall–Kier alpha value is -1.88. The Morgan fingerprint density at radius 1 is 1.05 bits per heavy atom. The molecule has 1 aromatic heterocycles. The topological polar surface area (TPSA) is 33.1 Å². The van der Waals surface area contributed by atoms with E-state index >= 15 is 0 Å². The fourth-order valence-electron chi connectivity index (χ4n) is 1.85. The van der Waals surface area contributed by atoms with Gasteiger partial charge in [0.25, 0.3) is 0 Å². The average Bonchev–Trinajstić information content (AvgIpc) is 2.44. The molecule has 0 fully saturated rings. The zero-order chi connectivity index (χ0) is 14.0. The molecule has 0 spiro atoms. The SMILES string of the molecule is CC(c1ccccn1)C(O)c1ccc(F)c(F)c1F. The molecular weight excluding hydrogens is 255 g/mol. The molecule has 2 rings (SSSR count). The quantitative estimate of drug-likeness (QED) is 0.865. The zero-order valence-electron chi connectivity index (χ0n) is 10.1. The lowest BCUT2D eigenvalue weighted by Gasteiger charge is -2.19. The van der Waals surface area contributed by atoms with Crippen LogP contribution in [-0.2, 0) is 0 Å². The van der Waals surface area contributed by atoms with Crippen molar-refractivity contribution in [2.45, 2.75) is 18.9 Å². The van der Waals surface area contributed by atoms with Gasteiger partial charge in [0, 0.05) is 23.4 Å². The van der Waals surface area contributed by atoms with Crippen molar-refractivity contribution in [1.82, 2.24) is 4.98 Å². The molecule has 0 aliphatic heterocycles. The van der Waals surface area contributed by atoms with Gasteiger partial charge in [-0.25, -0.2) is 13.2 Å². The van der Waals surface area contributed by atoms with E-state index in [1.54, 1.807) is 31.3 Å². The fraction of sp³-hybridized carbons (Fsp3) is 0.214. The van der Waals surface area contributed by atoms with Crippen LogP contribution in [0.15, 0.2) is 36.5 Å². The monoisotopic (exact) mass is 267 g/mol. The number of pyridine rings is 1. The van der Waals surface area contributed by atoms with Crippen molar-refractivity contribution < 1.29 is 18.3 Å². The standard InChI is InChI=1S/C14H12F3NO/c1-8(11-4-2-3-7-18-11)14(19)9-5-6-10(15)13(17)12(9)16/h2-8,14,19H,1H3. The minimum Gasteiger partial charge on any atom is -0.388 e. The molecule has 5 heteroatoms. The summed E-state index contributed by atoms with van der Waals surface area (Å²) in [5, 5.41) is 10.1. The van der Waals surface area contributed by atoms with Crippen molar-refractivity contribution in [2.75, 3.05) is 0 Å². The second kappa shape index (κ2) is 5.40. The predicted octanol–water partition coefficient (Wildman–Crippen LogP) is 3.34. The largest absolute Gasteiger partial charge is 0.388 e. The highest BCUT2D eigenvalue weighted by Crippen LogP contribution is 2.31. The van der Waals surface area contributed by atoms with Crippen LogP contribution in [0.3, 0.4) is 0 Å². The number of halogens is 3. The third-order valence-corrected chi connectivity index (χ3v) is 3.01. The third kappa shape index (κ3) is 2.61. The van der Waals surface area contributed by atoms with E-state index in [1.807, 2.05) is 0 Å². The Bertz CT molecular complexity index is 574. The first-order valence-electron chi connectivity index (χ1n) is 5.74. The van der Waals surface area contributed by atoms with Gasteiger partial charge in [0.2, 0.25) is 0 Å². The molecule has 1 aromatic carbocycles. The predicted molar refractivity (Wildman–Crippen MR) is 63.9 cm³/mol. The van der Waals surface area contributed by atoms with Gasteiger partial charge in [-0.15, -0.1) is 0 Å². The highest BCUT2D eigenvalue weighted by atomic mass is 19.2. The van der Waals surface area contributed by atoms with Crippen molar-refractivity contribution in [3.63, 3.8) is 0 Å². The molecule has 0 aliphatic rings. The first-order chi connectivity index (χ1) is 9.02. The van der Waals surface area contributed by atoms with Crippen molar-refractivity contribution >= 4 is 0 Å². The summed E-state index contributed by atoms with van der Waals surface area (Å²) in [4.78, 5) is 4.04. The molecule has 0 radical (unpaired) electrons. The smallest absolute Gasteiger partial charge is 0.194 e. The van der Waals surface area contributed by atoms with Crippen molar-refractivity contribution in [1.29, 1.82) is 0 Å². The second-order valence-corrected chi connectivity index (χ2v) is 4.25. The van der Waals surface area contributed by atoms with Crippen LogP contribution >= 0.6 is 0 Å². The van der Waals surface area contributed by atoms with Crippen LogP contribution in [0.5, 0.6) is 0 Å². The van der Waals surface area contributed by atoms with Crippen molar-refractivity contribution in [2.24, 2.45) is 0 Å². The zero-order valence-corrected chi connectivity index (χ0v) is 10.1. The van der Waals surface area contributed by atoms with Gasteiger partial charge in [0.05, 0.1) is 6.10 Å². The van der Waals surface area contributed by atoms with Gasteiger partial charge in [-0.2, -0.15) is 0 Å². The number of aliphatic hydroxyl groups excluding tert-OH is 1. The summed E-state index contributed by atoms with van der Waals surface area (Å²) < 4.78 is 39.6. The maximum absolute atomic E-state index is 13.6. The van der Waals surface area contributed by atoms with E-state index in [1.165, 1.54) is 0 Å². The number of aromatic nitrogens is 1. The highest BCUT2D eigenvalue weighted by Gasteiger charge is 2.25. The number of nitrogens with zero attached hydrogens (tertiary/aromatic N) is 1. The average molecular weight is 267 g/mol. The van der Waals surface area contributed by atoms with Gasteiger partial charge in [-0.1, -0.05) is 19.1 Å². The van der Waals surface area contributed by atoms with Crippen LogP contribution in [-0.4, -0.2) is 10.1 Å². The molecule has 19 heavy (non-hydrogen) atoms. The summed E-state index contributed by atoms with van der Waals surface area (Å²) in [7, 11) is 0. The number of rotatable bonds is 3. The van der Waals surface area contributed by atoms with Crippen LogP contribution in [0.2, 0.25) is 0 Å². The summed E-state index contributed by atoms with van der Waals surface area (Å²) in [5.41, 5.74) is 0.260. The van der Waals surface area contributed by atoms with Crippen molar-refractivity contribution in [3.05, 3.63) is 65.2 Å². The molecule has 0 saturated carbocycles. The summed E-state index contributed by atoms with van der Waals surface area (Å²) in [6.45, 7) is 1.63. The van der Waals surface area contributed by atoms with E-state index in [2.05, 4.69) is 4.98 Å². The van der Waals surface area contributed by atoms with Crippen LogP contribution in [0.4, 0.5) is 13.2 Å². The molecule has 2 nitrogen and oxygen atoms in total. The first-order valence-corrected chi connectivity index (χ1v) is 5.74. The van der Waals surface area contributed by atoms with E-state index in [-0.39, 0.29) is 5.56 Å². The van der Waals surface area contributed by atoms with E-state index < -0.39 is 29.5 Å². The van der Waals surface area contributed by atoms with Crippen LogP contribution in [0.1, 0.15) is 30.2 Å². The summed E-state index contributed by atoms with van der Waals surface area (Å²) in [6.07, 6.45) is 0.241. The summed E-state index contributed by atoms with van der Waals surface area (Å²) in [6, 6.07) is 6.94. The Morgan fingerprint density at radius 2 is 1.79 bits per heavy atom. The molecule has 2 atom stereocenters.